The van der Waals surface area contributed by atoms with Crippen molar-refractivity contribution in [3.05, 3.63) is 82.3 Å². The molecule has 3 aromatic rings. The third-order valence-corrected chi connectivity index (χ3v) is 5.02. The summed E-state index contributed by atoms with van der Waals surface area (Å²) in [5.74, 6) is 1.07. The summed E-state index contributed by atoms with van der Waals surface area (Å²) in [5.41, 5.74) is 4.31. The second-order valence-corrected chi connectivity index (χ2v) is 7.82. The molecule has 0 radical (unpaired) electrons. The molecule has 0 saturated heterocycles. The molecule has 0 bridgehead atoms. The lowest BCUT2D eigenvalue weighted by Crippen LogP contribution is -2.18. The van der Waals surface area contributed by atoms with E-state index in [4.69, 9.17) is 9.47 Å². The number of benzene rings is 3. The summed E-state index contributed by atoms with van der Waals surface area (Å²) >= 11 is 3.49. The molecule has 3 nitrogen and oxygen atoms in total. The van der Waals surface area contributed by atoms with Crippen molar-refractivity contribution in [3.8, 4) is 22.6 Å². The van der Waals surface area contributed by atoms with Crippen molar-refractivity contribution in [3.63, 3.8) is 0 Å². The molecule has 144 valence electrons. The van der Waals surface area contributed by atoms with Gasteiger partial charge >= 0.3 is 5.97 Å². The van der Waals surface area contributed by atoms with Crippen LogP contribution in [0.25, 0.3) is 11.1 Å². The zero-order valence-corrected chi connectivity index (χ0v) is 17.8. The predicted octanol–water partition coefficient (Wildman–Crippen LogP) is 6.53. The van der Waals surface area contributed by atoms with Crippen LogP contribution in [0.2, 0.25) is 0 Å². The number of hydrogen-bond donors (Lipinski definition) is 0. The highest BCUT2D eigenvalue weighted by Gasteiger charge is 2.13. The first kappa shape index (κ1) is 20.2. The second kappa shape index (κ2) is 9.07. The molecule has 0 aliphatic carbocycles. The van der Waals surface area contributed by atoms with E-state index in [9.17, 15) is 4.79 Å². The maximum absolute atomic E-state index is 12.3. The van der Waals surface area contributed by atoms with Gasteiger partial charge in [-0.15, -0.1) is 0 Å². The smallest absolute Gasteiger partial charge is 0.349 e. The van der Waals surface area contributed by atoms with Crippen LogP contribution in [0.15, 0.2) is 71.2 Å². The monoisotopic (exact) mass is 438 g/mol. The Morgan fingerprint density at radius 3 is 2.36 bits per heavy atom. The average molecular weight is 439 g/mol. The molecule has 0 amide bonds. The van der Waals surface area contributed by atoms with E-state index in [2.05, 4.69) is 29.8 Å². The van der Waals surface area contributed by atoms with Gasteiger partial charge in [-0.2, -0.15) is 0 Å². The second-order valence-electron chi connectivity index (χ2n) is 6.97. The lowest BCUT2D eigenvalue weighted by molar-refractivity contribution is -0.136. The number of carbonyl (C=O) groups is 1. The summed E-state index contributed by atoms with van der Waals surface area (Å²) in [5, 5.41) is 0. The lowest BCUT2D eigenvalue weighted by atomic mass is 10.0. The first-order valence-electron chi connectivity index (χ1n) is 9.23. The van der Waals surface area contributed by atoms with Gasteiger partial charge in [0.2, 0.25) is 0 Å². The van der Waals surface area contributed by atoms with Gasteiger partial charge in [-0.25, -0.2) is 4.79 Å². The molecule has 0 N–H and O–H groups in total. The molecule has 0 saturated carbocycles. The summed E-state index contributed by atoms with van der Waals surface area (Å²) in [7, 11) is 0. The molecule has 4 heteroatoms. The minimum atomic E-state index is -0.440. The van der Waals surface area contributed by atoms with Crippen LogP contribution >= 0.6 is 15.9 Å². The summed E-state index contributed by atoms with van der Waals surface area (Å²) in [6.45, 7) is 6.05. The molecule has 0 fully saturated rings. The number of hydrogen-bond acceptors (Lipinski definition) is 3. The largest absolute Gasteiger partial charge is 0.482 e. The van der Waals surface area contributed by atoms with E-state index in [1.54, 1.807) is 6.07 Å². The number of esters is 1. The van der Waals surface area contributed by atoms with Gasteiger partial charge in [-0.05, 0) is 69.2 Å². The minimum absolute atomic E-state index is 0.143. The Kier molecular flexibility index (Phi) is 6.53. The fourth-order valence-electron chi connectivity index (χ4n) is 2.93. The van der Waals surface area contributed by atoms with Gasteiger partial charge < -0.3 is 9.47 Å². The van der Waals surface area contributed by atoms with Gasteiger partial charge in [0.15, 0.2) is 6.61 Å². The molecule has 0 aliphatic heterocycles. The zero-order valence-electron chi connectivity index (χ0n) is 16.2. The van der Waals surface area contributed by atoms with Gasteiger partial charge in [0, 0.05) is 0 Å². The normalized spacial score (nSPS) is 10.8. The molecule has 0 atom stereocenters. The van der Waals surface area contributed by atoms with Crippen LogP contribution in [-0.2, 0) is 4.79 Å². The quantitative estimate of drug-likeness (QED) is 0.324. The molecule has 0 unspecified atom stereocenters. The van der Waals surface area contributed by atoms with Crippen molar-refractivity contribution in [1.82, 2.24) is 0 Å². The maximum atomic E-state index is 12.3. The van der Waals surface area contributed by atoms with Crippen LogP contribution in [0.3, 0.4) is 0 Å². The van der Waals surface area contributed by atoms with Crippen LogP contribution in [-0.4, -0.2) is 12.6 Å². The van der Waals surface area contributed by atoms with E-state index in [0.29, 0.717) is 11.7 Å². The first-order valence-corrected chi connectivity index (χ1v) is 10.0. The third-order valence-electron chi connectivity index (χ3n) is 4.40. The number of carbonyl (C=O) groups excluding carboxylic acids is 1. The fraction of sp³-hybridized carbons (Fsp3) is 0.208. The van der Waals surface area contributed by atoms with Crippen molar-refractivity contribution in [1.29, 1.82) is 0 Å². The Balaban J connectivity index is 1.67. The molecule has 3 rings (SSSR count). The van der Waals surface area contributed by atoms with Crippen LogP contribution in [0.5, 0.6) is 11.5 Å². The Hall–Kier alpha value is -2.59. The molecule has 0 aromatic heterocycles. The standard InChI is InChI=1S/C24H23BrO3/c1-16(2)20-11-9-17(3)13-23(20)27-15-24(26)28-22-12-10-19(14-21(22)25)18-7-5-4-6-8-18/h4-14,16H,15H2,1-3H3. The van der Waals surface area contributed by atoms with Crippen molar-refractivity contribution in [2.45, 2.75) is 26.7 Å². The Bertz CT molecular complexity index is 965. The topological polar surface area (TPSA) is 35.5 Å². The minimum Gasteiger partial charge on any atom is -0.482 e. The predicted molar refractivity (Wildman–Crippen MR) is 116 cm³/mol. The van der Waals surface area contributed by atoms with E-state index in [1.165, 1.54) is 0 Å². The van der Waals surface area contributed by atoms with E-state index in [0.717, 1.165) is 32.5 Å². The third kappa shape index (κ3) is 5.02. The van der Waals surface area contributed by atoms with Crippen molar-refractivity contribution >= 4 is 21.9 Å². The SMILES string of the molecule is Cc1ccc(C(C)C)c(OCC(=O)Oc2ccc(-c3ccccc3)cc2Br)c1. The molecule has 0 heterocycles. The van der Waals surface area contributed by atoms with Crippen LogP contribution < -0.4 is 9.47 Å². The summed E-state index contributed by atoms with van der Waals surface area (Å²) in [6.07, 6.45) is 0. The summed E-state index contributed by atoms with van der Waals surface area (Å²) in [4.78, 5) is 12.3. The Morgan fingerprint density at radius 2 is 1.68 bits per heavy atom. The van der Waals surface area contributed by atoms with Gasteiger partial charge in [-0.1, -0.05) is 62.4 Å². The Morgan fingerprint density at radius 1 is 0.929 bits per heavy atom. The molecule has 0 spiro atoms. The van der Waals surface area contributed by atoms with Crippen molar-refractivity contribution < 1.29 is 14.3 Å². The molecular weight excluding hydrogens is 416 g/mol. The molecule has 3 aromatic carbocycles. The lowest BCUT2D eigenvalue weighted by Gasteiger charge is -2.15. The summed E-state index contributed by atoms with van der Waals surface area (Å²) < 4.78 is 12.0. The fourth-order valence-corrected chi connectivity index (χ4v) is 3.39. The summed E-state index contributed by atoms with van der Waals surface area (Å²) in [6, 6.07) is 21.7. The zero-order chi connectivity index (χ0) is 20.1. The highest BCUT2D eigenvalue weighted by atomic mass is 79.9. The van der Waals surface area contributed by atoms with Crippen LogP contribution in [0, 0.1) is 6.92 Å². The van der Waals surface area contributed by atoms with Crippen LogP contribution in [0.1, 0.15) is 30.9 Å². The Labute approximate surface area is 174 Å². The van der Waals surface area contributed by atoms with Crippen molar-refractivity contribution in [2.24, 2.45) is 0 Å². The van der Waals surface area contributed by atoms with Gasteiger partial charge in [0.25, 0.3) is 0 Å². The molecule has 0 aliphatic rings. The highest BCUT2D eigenvalue weighted by molar-refractivity contribution is 9.10. The van der Waals surface area contributed by atoms with Gasteiger partial charge in [0.1, 0.15) is 11.5 Å². The van der Waals surface area contributed by atoms with E-state index >= 15 is 0 Å². The van der Waals surface area contributed by atoms with Crippen molar-refractivity contribution in [2.75, 3.05) is 6.61 Å². The van der Waals surface area contributed by atoms with Gasteiger partial charge in [0.05, 0.1) is 4.47 Å². The van der Waals surface area contributed by atoms with E-state index in [1.807, 2.05) is 67.6 Å². The molecular formula is C24H23BrO3. The van der Waals surface area contributed by atoms with E-state index in [-0.39, 0.29) is 6.61 Å². The molecule has 28 heavy (non-hydrogen) atoms. The average Bonchev–Trinajstić information content (AvgIpc) is 2.68. The van der Waals surface area contributed by atoms with E-state index < -0.39 is 5.97 Å². The number of rotatable bonds is 6. The number of aryl methyl sites for hydroxylation is 1. The first-order chi connectivity index (χ1) is 13.4. The number of ether oxygens (including phenoxy) is 2. The maximum Gasteiger partial charge on any atom is 0.349 e. The number of halogens is 1. The van der Waals surface area contributed by atoms with Crippen LogP contribution in [0.4, 0.5) is 0 Å². The van der Waals surface area contributed by atoms with Gasteiger partial charge in [-0.3, -0.25) is 0 Å². The highest BCUT2D eigenvalue weighted by Crippen LogP contribution is 2.31.